The largest absolute Gasteiger partial charge is 0.544 e. The van der Waals surface area contributed by atoms with Crippen LogP contribution < -0.4 is 5.11 Å². The molecule has 0 aliphatic heterocycles. The van der Waals surface area contributed by atoms with Crippen LogP contribution in [-0.4, -0.2) is 75.5 Å². The molecule has 0 saturated heterocycles. The Kier molecular flexibility index (Phi) is 35.2. The Labute approximate surface area is 340 Å². The molecule has 0 fully saturated rings. The van der Waals surface area contributed by atoms with Gasteiger partial charge in [0, 0.05) is 19.3 Å². The van der Waals surface area contributed by atoms with Gasteiger partial charge < -0.3 is 28.6 Å². The number of rotatable bonds is 35. The smallest absolute Gasteiger partial charge is 0.306 e. The van der Waals surface area contributed by atoms with Crippen molar-refractivity contribution in [1.82, 2.24) is 0 Å². The minimum Gasteiger partial charge on any atom is -0.544 e. The lowest BCUT2D eigenvalue weighted by molar-refractivity contribution is -0.889. The predicted molar refractivity (Wildman–Crippen MR) is 231 cm³/mol. The van der Waals surface area contributed by atoms with Crippen LogP contribution in [0.3, 0.4) is 0 Å². The molecule has 2 unspecified atom stereocenters. The number of allylic oxidation sites excluding steroid dienone is 18. The van der Waals surface area contributed by atoms with Crippen LogP contribution in [0, 0.1) is 0 Å². The summed E-state index contributed by atoms with van der Waals surface area (Å²) in [5.41, 5.74) is 0. The molecule has 0 heterocycles. The number of nitrogens with zero attached hydrogens (tertiary/aromatic N) is 1. The van der Waals surface area contributed by atoms with E-state index in [-0.39, 0.29) is 55.5 Å². The van der Waals surface area contributed by atoms with Crippen LogP contribution >= 0.6 is 0 Å². The number of quaternary nitrogens is 1. The fourth-order valence-electron chi connectivity index (χ4n) is 5.21. The number of hydrogen-bond donors (Lipinski definition) is 0. The zero-order valence-corrected chi connectivity index (χ0v) is 35.5. The predicted octanol–water partition coefficient (Wildman–Crippen LogP) is 9.96. The normalized spacial score (nSPS) is 14.1. The number of unbranched alkanes of at least 4 members (excludes halogenated alkanes) is 3. The average molecular weight is 778 g/mol. The van der Waals surface area contributed by atoms with Gasteiger partial charge in [0.1, 0.15) is 12.6 Å². The molecule has 8 nitrogen and oxygen atoms in total. The van der Waals surface area contributed by atoms with Gasteiger partial charge in [0.2, 0.25) is 0 Å². The fourth-order valence-corrected chi connectivity index (χ4v) is 5.21. The van der Waals surface area contributed by atoms with Gasteiger partial charge in [0.25, 0.3) is 0 Å². The fraction of sp³-hybridized carbons (Fsp3) is 0.562. The number of hydrogen-bond acceptors (Lipinski definition) is 7. The van der Waals surface area contributed by atoms with Gasteiger partial charge in [-0.05, 0) is 89.9 Å². The Morgan fingerprint density at radius 3 is 1.38 bits per heavy atom. The number of carbonyl (C=O) groups excluding carboxylic acids is 3. The van der Waals surface area contributed by atoms with Crippen molar-refractivity contribution in [3.63, 3.8) is 0 Å². The van der Waals surface area contributed by atoms with Gasteiger partial charge in [-0.25, -0.2) is 0 Å². The molecule has 0 radical (unpaired) electrons. The SMILES string of the molecule is CC/C=C/C/C=C/C/C=C/C/C=C/C/C=C/C/C=C/C/C=C/CCCC(=O)OCC(COCCC(C(=O)[O-])[N+](C)(C)C)OC(=O)CCCC/C=C/C/C=C/CC. The maximum Gasteiger partial charge on any atom is 0.306 e. The summed E-state index contributed by atoms with van der Waals surface area (Å²) in [6.07, 6.45) is 51.5. The van der Waals surface area contributed by atoms with Gasteiger partial charge >= 0.3 is 11.9 Å². The van der Waals surface area contributed by atoms with Crippen LogP contribution in [0.25, 0.3) is 0 Å². The number of carbonyl (C=O) groups is 3. The lowest BCUT2D eigenvalue weighted by atomic mass is 10.1. The molecule has 56 heavy (non-hydrogen) atoms. The molecule has 0 aliphatic carbocycles. The first-order valence-corrected chi connectivity index (χ1v) is 20.9. The number of esters is 2. The number of carboxylic acid groups (broad SMARTS) is 1. The Morgan fingerprint density at radius 1 is 0.536 bits per heavy atom. The second kappa shape index (κ2) is 37.9. The van der Waals surface area contributed by atoms with E-state index in [9.17, 15) is 19.5 Å². The van der Waals surface area contributed by atoms with Crippen molar-refractivity contribution in [3.8, 4) is 0 Å². The summed E-state index contributed by atoms with van der Waals surface area (Å²) in [4.78, 5) is 36.6. The van der Waals surface area contributed by atoms with E-state index in [4.69, 9.17) is 14.2 Å². The number of carboxylic acids is 1. The first-order chi connectivity index (χ1) is 27.1. The average Bonchev–Trinajstić information content (AvgIpc) is 3.15. The lowest BCUT2D eigenvalue weighted by Gasteiger charge is -2.34. The lowest BCUT2D eigenvalue weighted by Crippen LogP contribution is -2.55. The molecule has 0 aliphatic rings. The Hall–Kier alpha value is -4.01. The topological polar surface area (TPSA) is 102 Å². The van der Waals surface area contributed by atoms with E-state index in [0.29, 0.717) is 12.8 Å². The number of aliphatic carboxylic acids is 1. The summed E-state index contributed by atoms with van der Waals surface area (Å²) >= 11 is 0. The molecule has 0 N–H and O–H groups in total. The van der Waals surface area contributed by atoms with E-state index >= 15 is 0 Å². The van der Waals surface area contributed by atoms with Gasteiger partial charge in [-0.2, -0.15) is 0 Å². The summed E-state index contributed by atoms with van der Waals surface area (Å²) in [7, 11) is 5.35. The first-order valence-electron chi connectivity index (χ1n) is 20.9. The molecule has 0 rings (SSSR count). The standard InChI is InChI=1S/C48H75NO7/c1-6-8-10-12-14-16-17-18-19-20-21-22-23-24-25-26-27-28-29-31-32-34-36-38-46(50)55-43-44(42-54-41-40-45(48(52)53)49(3,4)5)56-47(51)39-37-35-33-30-15-13-11-9-7-2/h8-11,14-16,18-19,21-22,24-25,27-28,30-32,44-45H,6-7,12-13,17,20,23,26,29,33-43H2,1-5H3/b10-8+,11-9+,16-14+,19-18+,22-21+,25-24+,28-27+,30-15+,32-31+. The molecule has 2 atom stereocenters. The minimum absolute atomic E-state index is 0.00127. The number of likely N-dealkylation sites (N-methyl/N-ethyl adjacent to an activating group) is 1. The van der Waals surface area contributed by atoms with E-state index < -0.39 is 18.1 Å². The molecule has 314 valence electrons. The van der Waals surface area contributed by atoms with Crippen LogP contribution in [0.1, 0.15) is 123 Å². The number of ether oxygens (including phenoxy) is 3. The maximum absolute atomic E-state index is 12.6. The van der Waals surface area contributed by atoms with Crippen LogP contribution in [0.4, 0.5) is 0 Å². The third-order valence-corrected chi connectivity index (χ3v) is 8.40. The van der Waals surface area contributed by atoms with E-state index in [0.717, 1.165) is 77.0 Å². The maximum atomic E-state index is 12.6. The molecule has 0 aromatic heterocycles. The quantitative estimate of drug-likeness (QED) is 0.0273. The highest BCUT2D eigenvalue weighted by atomic mass is 16.6. The second-order valence-corrected chi connectivity index (χ2v) is 14.5. The molecular formula is C48H75NO7. The van der Waals surface area contributed by atoms with Crippen LogP contribution in [-0.2, 0) is 28.6 Å². The van der Waals surface area contributed by atoms with Crippen molar-refractivity contribution in [2.45, 2.75) is 135 Å². The minimum atomic E-state index is -1.14. The van der Waals surface area contributed by atoms with Gasteiger partial charge in [-0.3, -0.25) is 9.59 Å². The van der Waals surface area contributed by atoms with Crippen LogP contribution in [0.5, 0.6) is 0 Å². The van der Waals surface area contributed by atoms with E-state index in [1.165, 1.54) is 0 Å². The van der Waals surface area contributed by atoms with Crippen LogP contribution in [0.2, 0.25) is 0 Å². The van der Waals surface area contributed by atoms with Gasteiger partial charge in [-0.1, -0.05) is 123 Å². The summed E-state index contributed by atoms with van der Waals surface area (Å²) in [5.74, 6) is -1.88. The molecule has 0 spiro atoms. The van der Waals surface area contributed by atoms with E-state index in [2.05, 4.69) is 123 Å². The second-order valence-electron chi connectivity index (χ2n) is 14.5. The molecular weight excluding hydrogens is 703 g/mol. The van der Waals surface area contributed by atoms with Gasteiger partial charge in [0.15, 0.2) is 6.10 Å². The summed E-state index contributed by atoms with van der Waals surface area (Å²) in [6.45, 7) is 4.28. The summed E-state index contributed by atoms with van der Waals surface area (Å²) < 4.78 is 17.0. The third kappa shape index (κ3) is 35.7. The molecule has 0 aromatic carbocycles. The van der Waals surface area contributed by atoms with Crippen molar-refractivity contribution >= 4 is 17.9 Å². The molecule has 0 saturated carbocycles. The molecule has 0 amide bonds. The third-order valence-electron chi connectivity index (χ3n) is 8.40. The highest BCUT2D eigenvalue weighted by molar-refractivity contribution is 5.70. The van der Waals surface area contributed by atoms with Crippen molar-refractivity contribution in [2.75, 3.05) is 41.0 Å². The summed E-state index contributed by atoms with van der Waals surface area (Å²) in [5, 5.41) is 11.6. The van der Waals surface area contributed by atoms with Gasteiger partial charge in [-0.15, -0.1) is 0 Å². The van der Waals surface area contributed by atoms with Crippen LogP contribution in [0.15, 0.2) is 109 Å². The van der Waals surface area contributed by atoms with Crippen molar-refractivity contribution in [3.05, 3.63) is 109 Å². The Morgan fingerprint density at radius 2 is 0.946 bits per heavy atom. The first kappa shape index (κ1) is 52.0. The highest BCUT2D eigenvalue weighted by Crippen LogP contribution is 2.10. The van der Waals surface area contributed by atoms with Crippen molar-refractivity contribution in [2.24, 2.45) is 0 Å². The molecule has 8 heteroatoms. The van der Waals surface area contributed by atoms with Gasteiger partial charge in [0.05, 0.1) is 40.3 Å². The van der Waals surface area contributed by atoms with E-state index in [1.807, 2.05) is 0 Å². The zero-order valence-electron chi connectivity index (χ0n) is 35.5. The van der Waals surface area contributed by atoms with Crippen molar-refractivity contribution in [1.29, 1.82) is 0 Å². The molecule has 0 bridgehead atoms. The Balaban J connectivity index is 4.43. The highest BCUT2D eigenvalue weighted by Gasteiger charge is 2.25. The Bertz CT molecular complexity index is 1280. The zero-order chi connectivity index (χ0) is 41.4. The molecule has 0 aromatic rings. The summed E-state index contributed by atoms with van der Waals surface area (Å²) in [6, 6.07) is -0.745. The monoisotopic (exact) mass is 778 g/mol. The van der Waals surface area contributed by atoms with E-state index in [1.54, 1.807) is 21.1 Å². The van der Waals surface area contributed by atoms with Crippen molar-refractivity contribution < 1.29 is 38.2 Å².